The van der Waals surface area contributed by atoms with Gasteiger partial charge >= 0.3 is 0 Å². The summed E-state index contributed by atoms with van der Waals surface area (Å²) in [7, 11) is 0. The largest absolute Gasteiger partial charge is 0.369 e. The summed E-state index contributed by atoms with van der Waals surface area (Å²) in [4.78, 5) is 23.8. The van der Waals surface area contributed by atoms with Gasteiger partial charge in [-0.15, -0.1) is 0 Å². The number of aryl methyl sites for hydroxylation is 1. The fourth-order valence-electron chi connectivity index (χ4n) is 3.32. The molecule has 1 aromatic rings. The van der Waals surface area contributed by atoms with Gasteiger partial charge in [0, 0.05) is 17.9 Å². The molecular formula is C18H23F2NO2. The van der Waals surface area contributed by atoms with E-state index in [0.717, 1.165) is 18.9 Å². The van der Waals surface area contributed by atoms with Gasteiger partial charge in [-0.1, -0.05) is 19.3 Å². The van der Waals surface area contributed by atoms with Gasteiger partial charge in [0.1, 0.15) is 17.4 Å². The van der Waals surface area contributed by atoms with Gasteiger partial charge in [-0.05, 0) is 49.8 Å². The molecule has 1 fully saturated rings. The van der Waals surface area contributed by atoms with Crippen molar-refractivity contribution in [1.29, 1.82) is 0 Å². The number of hydrogen-bond acceptors (Lipinski definition) is 2. The van der Waals surface area contributed by atoms with Crippen molar-refractivity contribution < 1.29 is 18.4 Å². The topological polar surface area (TPSA) is 60.2 Å². The highest BCUT2D eigenvalue weighted by atomic mass is 19.1. The fourth-order valence-corrected chi connectivity index (χ4v) is 3.32. The third-order valence-corrected chi connectivity index (χ3v) is 4.85. The lowest BCUT2D eigenvalue weighted by atomic mass is 9.73. The molecule has 2 rings (SSSR count). The van der Waals surface area contributed by atoms with E-state index in [2.05, 4.69) is 0 Å². The number of carbonyl (C=O) groups is 2. The molecule has 2 atom stereocenters. The molecule has 1 aliphatic rings. The van der Waals surface area contributed by atoms with Crippen molar-refractivity contribution in [3.63, 3.8) is 0 Å². The van der Waals surface area contributed by atoms with E-state index in [9.17, 15) is 18.4 Å². The summed E-state index contributed by atoms with van der Waals surface area (Å²) >= 11 is 0. The number of rotatable bonds is 8. The third kappa shape index (κ3) is 4.85. The number of primary amides is 1. The van der Waals surface area contributed by atoms with Crippen LogP contribution in [0, 0.1) is 29.4 Å². The van der Waals surface area contributed by atoms with E-state index in [1.165, 1.54) is 25.5 Å². The summed E-state index contributed by atoms with van der Waals surface area (Å²) < 4.78 is 26.5. The van der Waals surface area contributed by atoms with Crippen molar-refractivity contribution in [3.8, 4) is 0 Å². The Morgan fingerprint density at radius 3 is 2.22 bits per heavy atom. The van der Waals surface area contributed by atoms with Gasteiger partial charge in [0.25, 0.3) is 0 Å². The van der Waals surface area contributed by atoms with Gasteiger partial charge in [-0.3, -0.25) is 9.59 Å². The van der Waals surface area contributed by atoms with Crippen LogP contribution in [-0.2, 0) is 16.0 Å². The Hall–Kier alpha value is -1.78. The quantitative estimate of drug-likeness (QED) is 0.797. The molecule has 1 aromatic carbocycles. The maximum Gasteiger partial charge on any atom is 0.221 e. The first-order chi connectivity index (χ1) is 10.9. The zero-order valence-electron chi connectivity index (χ0n) is 13.4. The summed E-state index contributed by atoms with van der Waals surface area (Å²) in [6.07, 6.45) is 4.67. The Kier molecular flexibility index (Phi) is 5.85. The molecule has 0 spiro atoms. The molecule has 2 N–H and O–H groups in total. The van der Waals surface area contributed by atoms with Crippen molar-refractivity contribution in [2.45, 2.75) is 45.4 Å². The molecule has 0 bridgehead atoms. The van der Waals surface area contributed by atoms with Crippen LogP contribution in [0.25, 0.3) is 0 Å². The second-order valence-corrected chi connectivity index (χ2v) is 6.58. The first-order valence-electron chi connectivity index (χ1n) is 8.11. The van der Waals surface area contributed by atoms with Crippen LogP contribution in [0.1, 0.15) is 44.6 Å². The van der Waals surface area contributed by atoms with Crippen LogP contribution in [0.15, 0.2) is 18.2 Å². The number of carbonyl (C=O) groups excluding carboxylic acids is 2. The molecule has 1 amide bonds. The first kappa shape index (κ1) is 17.6. The monoisotopic (exact) mass is 323 g/mol. The number of nitrogens with two attached hydrogens (primary N) is 1. The van der Waals surface area contributed by atoms with Crippen molar-refractivity contribution >= 4 is 11.7 Å². The molecule has 3 nitrogen and oxygen atoms in total. The van der Waals surface area contributed by atoms with Crippen LogP contribution in [0.3, 0.4) is 0 Å². The predicted molar refractivity (Wildman–Crippen MR) is 83.5 cm³/mol. The van der Waals surface area contributed by atoms with Gasteiger partial charge in [0.05, 0.1) is 0 Å². The molecule has 0 saturated heterocycles. The second-order valence-electron chi connectivity index (χ2n) is 6.58. The normalized spacial score (nSPS) is 17.3. The minimum absolute atomic E-state index is 0.0360. The van der Waals surface area contributed by atoms with Gasteiger partial charge in [0.2, 0.25) is 5.91 Å². The van der Waals surface area contributed by atoms with Crippen LogP contribution in [-0.4, -0.2) is 11.7 Å². The second kappa shape index (κ2) is 7.66. The standard InChI is InChI=1S/C18H23F2NO2/c1-11(22)17(9-12-3-2-4-12)16(18(21)23)6-5-13-7-14(19)10-15(20)8-13/h7-8,10,12,16-17H,2-6,9H2,1H3,(H2,21,23). The molecule has 1 saturated carbocycles. The summed E-state index contributed by atoms with van der Waals surface area (Å²) in [5, 5.41) is 0. The van der Waals surface area contributed by atoms with E-state index >= 15 is 0 Å². The van der Waals surface area contributed by atoms with Crippen LogP contribution in [0.5, 0.6) is 0 Å². The van der Waals surface area contributed by atoms with Crippen molar-refractivity contribution in [3.05, 3.63) is 35.4 Å². The van der Waals surface area contributed by atoms with Gasteiger partial charge in [0.15, 0.2) is 0 Å². The molecule has 2 unspecified atom stereocenters. The zero-order chi connectivity index (χ0) is 17.0. The van der Waals surface area contributed by atoms with Crippen LogP contribution < -0.4 is 5.73 Å². The number of Topliss-reactive ketones (excluding diaryl/α,β-unsaturated/α-hetero) is 1. The number of benzene rings is 1. The number of ketones is 1. The van der Waals surface area contributed by atoms with E-state index in [4.69, 9.17) is 5.73 Å². The molecule has 1 aliphatic carbocycles. The highest BCUT2D eigenvalue weighted by Crippen LogP contribution is 2.36. The van der Waals surface area contributed by atoms with Gasteiger partial charge in [-0.25, -0.2) is 8.78 Å². The number of hydrogen-bond donors (Lipinski definition) is 1. The smallest absolute Gasteiger partial charge is 0.221 e. The highest BCUT2D eigenvalue weighted by Gasteiger charge is 2.33. The van der Waals surface area contributed by atoms with E-state index in [1.807, 2.05) is 0 Å². The maximum atomic E-state index is 13.2. The fraction of sp³-hybridized carbons (Fsp3) is 0.556. The Morgan fingerprint density at radius 2 is 1.78 bits per heavy atom. The minimum Gasteiger partial charge on any atom is -0.369 e. The molecular weight excluding hydrogens is 300 g/mol. The maximum absolute atomic E-state index is 13.2. The van der Waals surface area contributed by atoms with E-state index in [1.54, 1.807) is 0 Å². The lowest BCUT2D eigenvalue weighted by Gasteiger charge is -2.31. The molecule has 0 radical (unpaired) electrons. The lowest BCUT2D eigenvalue weighted by molar-refractivity contribution is -0.132. The predicted octanol–water partition coefficient (Wildman–Crippen LogP) is 3.39. The van der Waals surface area contributed by atoms with Gasteiger partial charge in [-0.2, -0.15) is 0 Å². The van der Waals surface area contributed by atoms with E-state index < -0.39 is 29.4 Å². The molecule has 126 valence electrons. The van der Waals surface area contributed by atoms with Crippen LogP contribution in [0.2, 0.25) is 0 Å². The van der Waals surface area contributed by atoms with Crippen molar-refractivity contribution in [2.75, 3.05) is 0 Å². The average molecular weight is 323 g/mol. The molecule has 0 heterocycles. The molecule has 0 aromatic heterocycles. The summed E-state index contributed by atoms with van der Waals surface area (Å²) in [6, 6.07) is 3.30. The Labute approximate surface area is 135 Å². The van der Waals surface area contributed by atoms with E-state index in [-0.39, 0.29) is 5.78 Å². The minimum atomic E-state index is -0.645. The molecule has 0 aliphatic heterocycles. The third-order valence-electron chi connectivity index (χ3n) is 4.85. The van der Waals surface area contributed by atoms with E-state index in [0.29, 0.717) is 30.7 Å². The average Bonchev–Trinajstić information content (AvgIpc) is 2.38. The van der Waals surface area contributed by atoms with Gasteiger partial charge < -0.3 is 5.73 Å². The first-order valence-corrected chi connectivity index (χ1v) is 8.11. The Balaban J connectivity index is 2.06. The summed E-state index contributed by atoms with van der Waals surface area (Å²) in [5.74, 6) is -2.33. The highest BCUT2D eigenvalue weighted by molar-refractivity contribution is 5.86. The number of amides is 1. The van der Waals surface area contributed by atoms with Crippen molar-refractivity contribution in [2.24, 2.45) is 23.5 Å². The lowest BCUT2D eigenvalue weighted by Crippen LogP contribution is -2.36. The van der Waals surface area contributed by atoms with Crippen LogP contribution >= 0.6 is 0 Å². The Morgan fingerprint density at radius 1 is 1.17 bits per heavy atom. The van der Waals surface area contributed by atoms with Crippen molar-refractivity contribution in [1.82, 2.24) is 0 Å². The number of halogens is 2. The Bertz CT molecular complexity index is 564. The van der Waals surface area contributed by atoms with Crippen LogP contribution in [0.4, 0.5) is 8.78 Å². The molecule has 23 heavy (non-hydrogen) atoms. The zero-order valence-corrected chi connectivity index (χ0v) is 13.4. The SMILES string of the molecule is CC(=O)C(CC1CCC1)C(CCc1cc(F)cc(F)c1)C(N)=O. The molecule has 5 heteroatoms. The summed E-state index contributed by atoms with van der Waals surface area (Å²) in [5.41, 5.74) is 5.97. The summed E-state index contributed by atoms with van der Waals surface area (Å²) in [6.45, 7) is 1.49.